The Morgan fingerprint density at radius 1 is 1.03 bits per heavy atom. The minimum absolute atomic E-state index is 0.0507. The fourth-order valence-electron chi connectivity index (χ4n) is 2.38. The first-order valence-corrected chi connectivity index (χ1v) is 8.32. The molecule has 0 atom stereocenters. The fourth-order valence-corrected chi connectivity index (χ4v) is 2.38. The van der Waals surface area contributed by atoms with Crippen molar-refractivity contribution in [2.75, 3.05) is 30.9 Å². The quantitative estimate of drug-likeness (QED) is 0.402. The molecule has 0 unspecified atom stereocenters. The van der Waals surface area contributed by atoms with Crippen LogP contribution in [0.25, 0.3) is 0 Å². The van der Waals surface area contributed by atoms with Crippen LogP contribution in [0.5, 0.6) is 0 Å². The largest absolute Gasteiger partial charge is 0.455 e. The van der Waals surface area contributed by atoms with Gasteiger partial charge in [-0.25, -0.2) is 0 Å². The van der Waals surface area contributed by atoms with Crippen LogP contribution in [-0.2, 0) is 20.7 Å². The monoisotopic (exact) mass is 402 g/mol. The van der Waals surface area contributed by atoms with Gasteiger partial charge in [0.05, 0.1) is 22.3 Å². The summed E-state index contributed by atoms with van der Waals surface area (Å²) in [6.07, 6.45) is -0.501. The van der Waals surface area contributed by atoms with Gasteiger partial charge in [0.25, 0.3) is 17.3 Å². The second-order valence-corrected chi connectivity index (χ2v) is 6.15. The maximum absolute atomic E-state index is 11.9. The molecule has 0 heterocycles. The molecule has 11 heteroatoms. The molecule has 0 fully saturated rings. The molecular weight excluding hydrogens is 384 g/mol. The number of benzene rings is 2. The lowest BCUT2D eigenvalue weighted by atomic mass is 10.1. The number of carbonyl (C=O) groups is 2. The summed E-state index contributed by atoms with van der Waals surface area (Å²) in [6, 6.07) is 9.92. The van der Waals surface area contributed by atoms with Gasteiger partial charge in [-0.05, 0) is 30.3 Å². The molecule has 0 saturated heterocycles. The molecular formula is C18H18N4O7. The number of nitro benzene ring substituents is 2. The summed E-state index contributed by atoms with van der Waals surface area (Å²) < 4.78 is 4.84. The van der Waals surface area contributed by atoms with Gasteiger partial charge in [-0.1, -0.05) is 0 Å². The van der Waals surface area contributed by atoms with Gasteiger partial charge in [0, 0.05) is 37.1 Å². The molecule has 29 heavy (non-hydrogen) atoms. The zero-order chi connectivity index (χ0) is 21.6. The first kappa shape index (κ1) is 21.3. The van der Waals surface area contributed by atoms with Gasteiger partial charge >= 0.3 is 5.97 Å². The molecule has 2 aromatic carbocycles. The number of hydrogen-bond donors (Lipinski definition) is 1. The van der Waals surface area contributed by atoms with Crippen LogP contribution in [0.3, 0.4) is 0 Å². The number of esters is 1. The number of ether oxygens (including phenoxy) is 1. The SMILES string of the molecule is CN(C)c1ccc(NC(=O)COC(=O)Cc2ccc([N+](=O)[O-])cc2[N+](=O)[O-])cc1. The number of rotatable bonds is 8. The third-order valence-corrected chi connectivity index (χ3v) is 3.84. The van der Waals surface area contributed by atoms with Crippen LogP contribution in [0.15, 0.2) is 42.5 Å². The summed E-state index contributed by atoms with van der Waals surface area (Å²) in [7, 11) is 3.75. The number of nitrogens with one attached hydrogen (secondary N) is 1. The molecule has 0 bridgehead atoms. The van der Waals surface area contributed by atoms with Gasteiger partial charge in [0.15, 0.2) is 6.61 Å². The van der Waals surface area contributed by atoms with Gasteiger partial charge in [-0.3, -0.25) is 29.8 Å². The third kappa shape index (κ3) is 5.99. The van der Waals surface area contributed by atoms with E-state index in [9.17, 15) is 29.8 Å². The van der Waals surface area contributed by atoms with Gasteiger partial charge in [-0.15, -0.1) is 0 Å². The van der Waals surface area contributed by atoms with E-state index >= 15 is 0 Å². The van der Waals surface area contributed by atoms with Crippen molar-refractivity contribution in [2.45, 2.75) is 6.42 Å². The summed E-state index contributed by atoms with van der Waals surface area (Å²) in [5, 5.41) is 24.4. The lowest BCUT2D eigenvalue weighted by Gasteiger charge is -2.13. The summed E-state index contributed by atoms with van der Waals surface area (Å²) in [5.74, 6) is -1.45. The molecule has 2 rings (SSSR count). The highest BCUT2D eigenvalue weighted by Crippen LogP contribution is 2.25. The first-order valence-electron chi connectivity index (χ1n) is 8.32. The van der Waals surface area contributed by atoms with E-state index in [4.69, 9.17) is 4.74 Å². The van der Waals surface area contributed by atoms with Crippen molar-refractivity contribution in [3.8, 4) is 0 Å². The van der Waals surface area contributed by atoms with Crippen molar-refractivity contribution in [3.63, 3.8) is 0 Å². The average molecular weight is 402 g/mol. The molecule has 0 aromatic heterocycles. The Labute approximate surface area is 165 Å². The molecule has 0 aliphatic heterocycles. The Morgan fingerprint density at radius 3 is 2.24 bits per heavy atom. The van der Waals surface area contributed by atoms with E-state index in [-0.39, 0.29) is 5.56 Å². The summed E-state index contributed by atoms with van der Waals surface area (Å²) in [6.45, 7) is -0.574. The minimum atomic E-state index is -0.875. The Hall–Kier alpha value is -4.02. The molecule has 0 radical (unpaired) electrons. The zero-order valence-corrected chi connectivity index (χ0v) is 15.7. The van der Waals surface area contributed by atoms with Crippen LogP contribution in [0.4, 0.5) is 22.7 Å². The number of non-ortho nitro benzene ring substituents is 1. The van der Waals surface area contributed by atoms with Crippen molar-refractivity contribution >= 4 is 34.6 Å². The van der Waals surface area contributed by atoms with E-state index in [2.05, 4.69) is 5.32 Å². The molecule has 2 aromatic rings. The molecule has 11 nitrogen and oxygen atoms in total. The van der Waals surface area contributed by atoms with E-state index in [1.54, 1.807) is 24.3 Å². The van der Waals surface area contributed by atoms with Gasteiger partial charge < -0.3 is 15.0 Å². The Kier molecular flexibility index (Phi) is 6.80. The first-order chi connectivity index (χ1) is 13.7. The molecule has 0 saturated carbocycles. The van der Waals surface area contributed by atoms with Crippen LogP contribution in [0, 0.1) is 20.2 Å². The molecule has 0 aliphatic rings. The summed E-state index contributed by atoms with van der Waals surface area (Å²) in [5.41, 5.74) is 0.377. The van der Waals surface area contributed by atoms with E-state index < -0.39 is 46.1 Å². The van der Waals surface area contributed by atoms with Gasteiger partial charge in [-0.2, -0.15) is 0 Å². The van der Waals surface area contributed by atoms with E-state index in [0.29, 0.717) is 5.69 Å². The molecule has 1 N–H and O–H groups in total. The number of nitrogens with zero attached hydrogens (tertiary/aromatic N) is 3. The summed E-state index contributed by atoms with van der Waals surface area (Å²) in [4.78, 5) is 45.9. The predicted octanol–water partition coefficient (Wildman–Crippen LogP) is 2.29. The van der Waals surface area contributed by atoms with Crippen molar-refractivity contribution in [1.82, 2.24) is 0 Å². The normalized spacial score (nSPS) is 10.1. The van der Waals surface area contributed by atoms with Crippen LogP contribution < -0.4 is 10.2 Å². The summed E-state index contributed by atoms with van der Waals surface area (Å²) >= 11 is 0. The Balaban J connectivity index is 1.93. The number of carbonyl (C=O) groups excluding carboxylic acids is 2. The smallest absolute Gasteiger partial charge is 0.311 e. The Morgan fingerprint density at radius 2 is 1.69 bits per heavy atom. The lowest BCUT2D eigenvalue weighted by Crippen LogP contribution is -2.21. The average Bonchev–Trinajstić information content (AvgIpc) is 2.66. The van der Waals surface area contributed by atoms with E-state index in [1.807, 2.05) is 19.0 Å². The van der Waals surface area contributed by atoms with Crippen LogP contribution in [0.1, 0.15) is 5.56 Å². The van der Waals surface area contributed by atoms with Crippen molar-refractivity contribution in [3.05, 3.63) is 68.3 Å². The number of amides is 1. The highest BCUT2D eigenvalue weighted by molar-refractivity contribution is 5.93. The van der Waals surface area contributed by atoms with Crippen molar-refractivity contribution in [1.29, 1.82) is 0 Å². The van der Waals surface area contributed by atoms with Crippen molar-refractivity contribution < 1.29 is 24.2 Å². The number of hydrogen-bond acceptors (Lipinski definition) is 8. The third-order valence-electron chi connectivity index (χ3n) is 3.84. The maximum Gasteiger partial charge on any atom is 0.311 e. The molecule has 1 amide bonds. The van der Waals surface area contributed by atoms with Crippen LogP contribution >= 0.6 is 0 Å². The number of anilines is 2. The van der Waals surface area contributed by atoms with Crippen LogP contribution in [0.2, 0.25) is 0 Å². The van der Waals surface area contributed by atoms with E-state index in [0.717, 1.165) is 23.9 Å². The number of nitro groups is 2. The Bertz CT molecular complexity index is 942. The standard InChI is InChI=1S/C18H18N4O7/c1-20(2)14-7-4-13(5-8-14)19-17(23)11-29-18(24)9-12-3-6-15(21(25)26)10-16(12)22(27)28/h3-8,10H,9,11H2,1-2H3,(H,19,23). The highest BCUT2D eigenvalue weighted by atomic mass is 16.6. The second-order valence-electron chi connectivity index (χ2n) is 6.15. The van der Waals surface area contributed by atoms with E-state index in [1.165, 1.54) is 0 Å². The molecule has 0 spiro atoms. The molecule has 152 valence electrons. The highest BCUT2D eigenvalue weighted by Gasteiger charge is 2.22. The zero-order valence-electron chi connectivity index (χ0n) is 15.7. The topological polar surface area (TPSA) is 145 Å². The fraction of sp³-hybridized carbons (Fsp3) is 0.222. The lowest BCUT2D eigenvalue weighted by molar-refractivity contribution is -0.394. The minimum Gasteiger partial charge on any atom is -0.455 e. The van der Waals surface area contributed by atoms with Gasteiger partial charge in [0.2, 0.25) is 0 Å². The van der Waals surface area contributed by atoms with Gasteiger partial charge in [0.1, 0.15) is 0 Å². The predicted molar refractivity (Wildman–Crippen MR) is 104 cm³/mol. The maximum atomic E-state index is 11.9. The van der Waals surface area contributed by atoms with Crippen molar-refractivity contribution in [2.24, 2.45) is 0 Å². The second kappa shape index (κ2) is 9.26. The van der Waals surface area contributed by atoms with Crippen LogP contribution in [-0.4, -0.2) is 42.4 Å². The molecule has 0 aliphatic carbocycles.